The fraction of sp³-hybridized carbons (Fsp3) is 0.133. The van der Waals surface area contributed by atoms with Crippen LogP contribution in [0.1, 0.15) is 16.1 Å². The molecule has 2 aromatic rings. The molecule has 0 unspecified atom stereocenters. The van der Waals surface area contributed by atoms with Crippen molar-refractivity contribution in [1.82, 2.24) is 4.98 Å². The van der Waals surface area contributed by atoms with E-state index in [-0.39, 0.29) is 20.8 Å². The molecule has 1 N–H and O–H groups in total. The first kappa shape index (κ1) is 20.3. The molecule has 0 radical (unpaired) electrons. The van der Waals surface area contributed by atoms with Crippen molar-refractivity contribution in [1.29, 1.82) is 0 Å². The Balaban J connectivity index is 2.04. The van der Waals surface area contributed by atoms with Gasteiger partial charge < -0.3 is 10.1 Å². The van der Waals surface area contributed by atoms with Crippen LogP contribution in [0.2, 0.25) is 15.1 Å². The number of hydrogen-bond acceptors (Lipinski definition) is 4. The Kier molecular flexibility index (Phi) is 6.33. The summed E-state index contributed by atoms with van der Waals surface area (Å²) in [7, 11) is 0. The van der Waals surface area contributed by atoms with E-state index in [4.69, 9.17) is 34.8 Å². The molecule has 0 aliphatic rings. The Labute approximate surface area is 160 Å². The average Bonchev–Trinajstić information content (AvgIpc) is 2.57. The minimum atomic E-state index is -4.65. The number of hydrogen-bond donors (Lipinski definition) is 1. The van der Waals surface area contributed by atoms with Crippen molar-refractivity contribution < 1.29 is 27.5 Å². The highest BCUT2D eigenvalue weighted by Gasteiger charge is 2.33. The molecule has 0 fully saturated rings. The number of aromatic nitrogens is 1. The Hall–Kier alpha value is -2.03. The normalized spacial score (nSPS) is 11.2. The molecule has 138 valence electrons. The summed E-state index contributed by atoms with van der Waals surface area (Å²) in [6.07, 6.45) is -3.59. The monoisotopic (exact) mass is 426 g/mol. The molecule has 1 aromatic carbocycles. The molecular weight excluding hydrogens is 420 g/mol. The summed E-state index contributed by atoms with van der Waals surface area (Å²) in [4.78, 5) is 27.3. The van der Waals surface area contributed by atoms with E-state index in [0.29, 0.717) is 0 Å². The fourth-order valence-electron chi connectivity index (χ4n) is 1.81. The number of halogens is 6. The molecule has 2 rings (SSSR count). The third-order valence-electron chi connectivity index (χ3n) is 2.95. The summed E-state index contributed by atoms with van der Waals surface area (Å²) in [6.45, 7) is -0.858. The zero-order valence-electron chi connectivity index (χ0n) is 12.5. The van der Waals surface area contributed by atoms with E-state index in [9.17, 15) is 22.8 Å². The highest BCUT2D eigenvalue weighted by Crippen LogP contribution is 2.34. The molecule has 5 nitrogen and oxygen atoms in total. The molecule has 11 heteroatoms. The van der Waals surface area contributed by atoms with E-state index in [0.717, 1.165) is 18.3 Å². The van der Waals surface area contributed by atoms with Crippen LogP contribution in [-0.2, 0) is 15.7 Å². The van der Waals surface area contributed by atoms with Crippen LogP contribution >= 0.6 is 34.8 Å². The first-order valence-electron chi connectivity index (χ1n) is 6.74. The molecule has 1 heterocycles. The number of para-hydroxylation sites is 1. The van der Waals surface area contributed by atoms with Crippen LogP contribution in [0.25, 0.3) is 0 Å². The predicted molar refractivity (Wildman–Crippen MR) is 89.6 cm³/mol. The number of pyridine rings is 1. The Bertz CT molecular complexity index is 860. The summed E-state index contributed by atoms with van der Waals surface area (Å²) in [5.41, 5.74) is -1.88. The molecule has 0 aliphatic heterocycles. The second-order valence-electron chi connectivity index (χ2n) is 4.75. The fourth-order valence-corrected chi connectivity index (χ4v) is 2.37. The van der Waals surface area contributed by atoms with E-state index >= 15 is 0 Å². The van der Waals surface area contributed by atoms with Gasteiger partial charge in [-0.15, -0.1) is 0 Å². The SMILES string of the molecule is O=C(COC(=O)c1ncc(Cl)c(Cl)c1Cl)Nc1ccccc1C(F)(F)F. The van der Waals surface area contributed by atoms with Gasteiger partial charge in [-0.2, -0.15) is 13.2 Å². The van der Waals surface area contributed by atoms with Gasteiger partial charge in [0.2, 0.25) is 0 Å². The van der Waals surface area contributed by atoms with E-state index in [2.05, 4.69) is 9.72 Å². The van der Waals surface area contributed by atoms with Crippen LogP contribution < -0.4 is 5.32 Å². The zero-order valence-corrected chi connectivity index (χ0v) is 14.8. The molecule has 1 amide bonds. The second kappa shape index (κ2) is 8.11. The number of esters is 1. The lowest BCUT2D eigenvalue weighted by Gasteiger charge is -2.13. The van der Waals surface area contributed by atoms with Gasteiger partial charge >= 0.3 is 12.1 Å². The van der Waals surface area contributed by atoms with Gasteiger partial charge in [-0.3, -0.25) is 4.79 Å². The molecule has 0 bridgehead atoms. The number of amides is 1. The van der Waals surface area contributed by atoms with Gasteiger partial charge in [-0.1, -0.05) is 46.9 Å². The number of anilines is 1. The maximum Gasteiger partial charge on any atom is 0.418 e. The maximum atomic E-state index is 12.9. The highest BCUT2D eigenvalue weighted by molar-refractivity contribution is 6.48. The zero-order chi connectivity index (χ0) is 19.5. The Morgan fingerprint density at radius 1 is 1.12 bits per heavy atom. The lowest BCUT2D eigenvalue weighted by atomic mass is 10.1. The van der Waals surface area contributed by atoms with Crippen molar-refractivity contribution in [2.24, 2.45) is 0 Å². The summed E-state index contributed by atoms with van der Waals surface area (Å²) in [5.74, 6) is -2.07. The third kappa shape index (κ3) is 4.78. The van der Waals surface area contributed by atoms with Crippen LogP contribution in [0.4, 0.5) is 18.9 Å². The smallest absolute Gasteiger partial charge is 0.418 e. The molecule has 1 aromatic heterocycles. The van der Waals surface area contributed by atoms with Gasteiger partial charge in [0.25, 0.3) is 5.91 Å². The molecule has 0 spiro atoms. The van der Waals surface area contributed by atoms with Crippen molar-refractivity contribution in [3.05, 3.63) is 56.8 Å². The topological polar surface area (TPSA) is 68.3 Å². The third-order valence-corrected chi connectivity index (χ3v) is 4.19. The number of nitrogens with one attached hydrogen (secondary N) is 1. The van der Waals surface area contributed by atoms with Gasteiger partial charge in [0.15, 0.2) is 12.3 Å². The molecule has 0 saturated heterocycles. The maximum absolute atomic E-state index is 12.9. The van der Waals surface area contributed by atoms with Crippen LogP contribution in [0.5, 0.6) is 0 Å². The number of carbonyl (C=O) groups excluding carboxylic acids is 2. The predicted octanol–water partition coefficient (Wildman–Crippen LogP) is 4.86. The first-order valence-corrected chi connectivity index (χ1v) is 7.87. The summed E-state index contributed by atoms with van der Waals surface area (Å²) in [5, 5.41) is 1.63. The number of ether oxygens (including phenoxy) is 1. The number of alkyl halides is 3. The van der Waals surface area contributed by atoms with Crippen LogP contribution in [0.15, 0.2) is 30.5 Å². The largest absolute Gasteiger partial charge is 0.451 e. The van der Waals surface area contributed by atoms with Crippen molar-refractivity contribution in [3.63, 3.8) is 0 Å². The lowest BCUT2D eigenvalue weighted by molar-refractivity contribution is -0.137. The molecule has 0 atom stereocenters. The van der Waals surface area contributed by atoms with Gasteiger partial charge in [0.05, 0.1) is 26.3 Å². The van der Waals surface area contributed by atoms with E-state index in [1.54, 1.807) is 0 Å². The minimum absolute atomic E-state index is 0.00900. The molecular formula is C15H8Cl3F3N2O3. The number of nitrogens with zero attached hydrogens (tertiary/aromatic N) is 1. The standard InChI is InChI=1S/C15H8Cl3F3N2O3/c16-8-5-22-13(12(18)11(8)17)14(25)26-6-10(24)23-9-4-2-1-3-7(9)15(19,20)21/h1-5H,6H2,(H,23,24). The number of carbonyl (C=O) groups is 2. The van der Waals surface area contributed by atoms with Crippen molar-refractivity contribution in [2.45, 2.75) is 6.18 Å². The van der Waals surface area contributed by atoms with Crippen LogP contribution in [0, 0.1) is 0 Å². The average molecular weight is 428 g/mol. The minimum Gasteiger partial charge on any atom is -0.451 e. The van der Waals surface area contributed by atoms with Crippen molar-refractivity contribution in [3.8, 4) is 0 Å². The second-order valence-corrected chi connectivity index (χ2v) is 5.91. The molecule has 0 saturated carbocycles. The first-order chi connectivity index (χ1) is 12.1. The molecule has 26 heavy (non-hydrogen) atoms. The van der Waals surface area contributed by atoms with Gasteiger partial charge in [-0.25, -0.2) is 9.78 Å². The quantitative estimate of drug-likeness (QED) is 0.708. The Morgan fingerprint density at radius 2 is 1.77 bits per heavy atom. The highest BCUT2D eigenvalue weighted by atomic mass is 35.5. The number of rotatable bonds is 4. The summed E-state index contributed by atoms with van der Waals surface area (Å²) < 4.78 is 43.3. The summed E-state index contributed by atoms with van der Waals surface area (Å²) in [6, 6.07) is 4.37. The van der Waals surface area contributed by atoms with E-state index in [1.807, 2.05) is 5.32 Å². The van der Waals surface area contributed by atoms with Crippen molar-refractivity contribution in [2.75, 3.05) is 11.9 Å². The Morgan fingerprint density at radius 3 is 2.42 bits per heavy atom. The van der Waals surface area contributed by atoms with Crippen LogP contribution in [0.3, 0.4) is 0 Å². The number of benzene rings is 1. The molecule has 0 aliphatic carbocycles. The van der Waals surface area contributed by atoms with E-state index in [1.165, 1.54) is 12.1 Å². The van der Waals surface area contributed by atoms with Crippen molar-refractivity contribution >= 4 is 52.4 Å². The van der Waals surface area contributed by atoms with E-state index < -0.39 is 35.9 Å². The van der Waals surface area contributed by atoms with Gasteiger partial charge in [-0.05, 0) is 12.1 Å². The lowest BCUT2D eigenvalue weighted by Crippen LogP contribution is -2.23. The summed E-state index contributed by atoms with van der Waals surface area (Å²) >= 11 is 17.2. The van der Waals surface area contributed by atoms with Gasteiger partial charge in [0, 0.05) is 6.20 Å². The van der Waals surface area contributed by atoms with Crippen LogP contribution in [-0.4, -0.2) is 23.5 Å². The van der Waals surface area contributed by atoms with Gasteiger partial charge in [0.1, 0.15) is 0 Å².